The summed E-state index contributed by atoms with van der Waals surface area (Å²) in [5.41, 5.74) is 0. The molecule has 0 saturated carbocycles. The minimum absolute atomic E-state index is 0.738. The first-order valence-corrected chi connectivity index (χ1v) is 12.3. The summed E-state index contributed by atoms with van der Waals surface area (Å²) in [6.07, 6.45) is 26.5. The highest BCUT2D eigenvalue weighted by Gasteiger charge is 2.17. The molecule has 0 radical (unpaired) electrons. The Hall–Kier alpha value is -0.260. The van der Waals surface area contributed by atoms with E-state index in [0.717, 1.165) is 17.8 Å². The first-order valence-electron chi connectivity index (χ1n) is 12.3. The zero-order valence-corrected chi connectivity index (χ0v) is 19.0. The normalized spacial score (nSPS) is 13.9. The van der Waals surface area contributed by atoms with Gasteiger partial charge < -0.3 is 0 Å². The standard InChI is InChI=1S/C26H52/c1-6-11-12-13-14-15-16-17-18-19-20-21-26(22-24(7-2)8-3)23-25(9-4)10-5/h7,24-26H,2,6,8-23H2,1,3-5H3. The van der Waals surface area contributed by atoms with Gasteiger partial charge in [-0.25, -0.2) is 0 Å². The summed E-state index contributed by atoms with van der Waals surface area (Å²) in [5, 5.41) is 0. The molecule has 0 spiro atoms. The number of allylic oxidation sites excluding steroid dienone is 1. The highest BCUT2D eigenvalue weighted by atomic mass is 14.2. The summed E-state index contributed by atoms with van der Waals surface area (Å²) in [5.74, 6) is 2.61. The van der Waals surface area contributed by atoms with Gasteiger partial charge in [0.25, 0.3) is 0 Å². The largest absolute Gasteiger partial charge is 0.103 e. The van der Waals surface area contributed by atoms with Gasteiger partial charge in [-0.05, 0) is 37.0 Å². The molecule has 0 aliphatic heterocycles. The highest BCUT2D eigenvalue weighted by Crippen LogP contribution is 2.30. The molecule has 0 aromatic rings. The summed E-state index contributed by atoms with van der Waals surface area (Å²) in [7, 11) is 0. The fourth-order valence-electron chi connectivity index (χ4n) is 4.38. The molecule has 0 fully saturated rings. The number of rotatable bonds is 20. The lowest BCUT2D eigenvalue weighted by atomic mass is 9.81. The van der Waals surface area contributed by atoms with Crippen molar-refractivity contribution in [1.82, 2.24) is 0 Å². The van der Waals surface area contributed by atoms with Crippen molar-refractivity contribution in [1.29, 1.82) is 0 Å². The lowest BCUT2D eigenvalue weighted by Gasteiger charge is -2.25. The molecule has 0 aliphatic rings. The van der Waals surface area contributed by atoms with Gasteiger partial charge in [-0.3, -0.25) is 0 Å². The monoisotopic (exact) mass is 364 g/mol. The molecule has 0 bridgehead atoms. The molecular weight excluding hydrogens is 312 g/mol. The van der Waals surface area contributed by atoms with Crippen LogP contribution in [-0.4, -0.2) is 0 Å². The average molecular weight is 365 g/mol. The summed E-state index contributed by atoms with van der Waals surface area (Å²) < 4.78 is 0. The van der Waals surface area contributed by atoms with Gasteiger partial charge in [-0.1, -0.05) is 124 Å². The fraction of sp³-hybridized carbons (Fsp3) is 0.923. The van der Waals surface area contributed by atoms with Gasteiger partial charge in [0.1, 0.15) is 0 Å². The molecule has 0 saturated heterocycles. The maximum atomic E-state index is 4.07. The molecule has 0 nitrogen and oxygen atoms in total. The molecule has 0 heteroatoms. The van der Waals surface area contributed by atoms with Crippen LogP contribution in [-0.2, 0) is 0 Å². The zero-order chi connectivity index (χ0) is 19.5. The van der Waals surface area contributed by atoms with Gasteiger partial charge in [0.15, 0.2) is 0 Å². The second kappa shape index (κ2) is 19.5. The number of hydrogen-bond acceptors (Lipinski definition) is 0. The maximum Gasteiger partial charge on any atom is -0.0236 e. The molecule has 156 valence electrons. The van der Waals surface area contributed by atoms with E-state index in [1.807, 2.05) is 0 Å². The second-order valence-electron chi connectivity index (χ2n) is 8.75. The van der Waals surface area contributed by atoms with Crippen LogP contribution in [0.5, 0.6) is 0 Å². The van der Waals surface area contributed by atoms with Gasteiger partial charge in [-0.2, -0.15) is 0 Å². The van der Waals surface area contributed by atoms with Crippen molar-refractivity contribution >= 4 is 0 Å². The molecule has 0 amide bonds. The van der Waals surface area contributed by atoms with E-state index < -0.39 is 0 Å². The molecule has 0 aromatic carbocycles. The van der Waals surface area contributed by atoms with Crippen LogP contribution in [0.3, 0.4) is 0 Å². The van der Waals surface area contributed by atoms with Gasteiger partial charge in [0.05, 0.1) is 0 Å². The van der Waals surface area contributed by atoms with Crippen LogP contribution in [0.2, 0.25) is 0 Å². The zero-order valence-electron chi connectivity index (χ0n) is 19.0. The summed E-state index contributed by atoms with van der Waals surface area (Å²) in [6.45, 7) is 13.4. The molecule has 0 N–H and O–H groups in total. The van der Waals surface area contributed by atoms with Crippen molar-refractivity contribution in [3.8, 4) is 0 Å². The van der Waals surface area contributed by atoms with Gasteiger partial charge in [0.2, 0.25) is 0 Å². The van der Waals surface area contributed by atoms with Crippen molar-refractivity contribution in [2.24, 2.45) is 17.8 Å². The van der Waals surface area contributed by atoms with Crippen molar-refractivity contribution in [2.45, 2.75) is 137 Å². The Morgan fingerprint density at radius 3 is 1.50 bits per heavy atom. The van der Waals surface area contributed by atoms with Crippen molar-refractivity contribution in [3.05, 3.63) is 12.7 Å². The van der Waals surface area contributed by atoms with E-state index in [1.54, 1.807) is 0 Å². The van der Waals surface area contributed by atoms with Crippen molar-refractivity contribution < 1.29 is 0 Å². The van der Waals surface area contributed by atoms with E-state index in [4.69, 9.17) is 0 Å². The van der Waals surface area contributed by atoms with Gasteiger partial charge in [-0.15, -0.1) is 6.58 Å². The molecule has 0 aliphatic carbocycles. The highest BCUT2D eigenvalue weighted by molar-refractivity contribution is 4.81. The number of unbranched alkanes of at least 4 members (excludes halogenated alkanes) is 10. The Kier molecular flexibility index (Phi) is 19.3. The third-order valence-electron chi connectivity index (χ3n) is 6.53. The number of hydrogen-bond donors (Lipinski definition) is 0. The van der Waals surface area contributed by atoms with Crippen LogP contribution in [0, 0.1) is 17.8 Å². The van der Waals surface area contributed by atoms with Gasteiger partial charge >= 0.3 is 0 Å². The second-order valence-corrected chi connectivity index (χ2v) is 8.75. The molecule has 2 atom stereocenters. The quantitative estimate of drug-likeness (QED) is 0.149. The third kappa shape index (κ3) is 14.9. The van der Waals surface area contributed by atoms with Crippen LogP contribution in [0.25, 0.3) is 0 Å². The minimum Gasteiger partial charge on any atom is -0.103 e. The molecule has 0 aromatic heterocycles. The minimum atomic E-state index is 0.738. The maximum absolute atomic E-state index is 4.07. The lowest BCUT2D eigenvalue weighted by Crippen LogP contribution is -2.12. The average Bonchev–Trinajstić information content (AvgIpc) is 2.67. The van der Waals surface area contributed by atoms with E-state index in [1.165, 1.54) is 109 Å². The molecule has 26 heavy (non-hydrogen) atoms. The van der Waals surface area contributed by atoms with Crippen molar-refractivity contribution in [2.75, 3.05) is 0 Å². The Morgan fingerprint density at radius 2 is 1.08 bits per heavy atom. The first-order chi connectivity index (χ1) is 12.7. The van der Waals surface area contributed by atoms with Crippen LogP contribution in [0.15, 0.2) is 12.7 Å². The van der Waals surface area contributed by atoms with E-state index in [0.29, 0.717) is 0 Å². The smallest absolute Gasteiger partial charge is 0.0236 e. The van der Waals surface area contributed by atoms with E-state index in [2.05, 4.69) is 40.3 Å². The Labute approximate surface area is 167 Å². The van der Waals surface area contributed by atoms with Crippen LogP contribution in [0.1, 0.15) is 137 Å². The molecular formula is C26H52. The van der Waals surface area contributed by atoms with E-state index in [9.17, 15) is 0 Å². The summed E-state index contributed by atoms with van der Waals surface area (Å²) in [4.78, 5) is 0. The Bertz CT molecular complexity index is 276. The van der Waals surface area contributed by atoms with Crippen LogP contribution in [0.4, 0.5) is 0 Å². The SMILES string of the molecule is C=CC(CC)CC(CCCCCCCCCCCCC)CC(CC)CC. The molecule has 0 heterocycles. The van der Waals surface area contributed by atoms with E-state index in [-0.39, 0.29) is 0 Å². The summed E-state index contributed by atoms with van der Waals surface area (Å²) >= 11 is 0. The third-order valence-corrected chi connectivity index (χ3v) is 6.53. The lowest BCUT2D eigenvalue weighted by molar-refractivity contribution is 0.287. The van der Waals surface area contributed by atoms with Crippen LogP contribution < -0.4 is 0 Å². The Morgan fingerprint density at radius 1 is 0.577 bits per heavy atom. The predicted octanol–water partition coefficient (Wildman–Crippen LogP) is 9.73. The fourth-order valence-corrected chi connectivity index (χ4v) is 4.38. The van der Waals surface area contributed by atoms with Crippen molar-refractivity contribution in [3.63, 3.8) is 0 Å². The Balaban J connectivity index is 3.85. The predicted molar refractivity (Wildman–Crippen MR) is 122 cm³/mol. The van der Waals surface area contributed by atoms with Gasteiger partial charge in [0, 0.05) is 0 Å². The van der Waals surface area contributed by atoms with E-state index >= 15 is 0 Å². The molecule has 2 unspecified atom stereocenters. The summed E-state index contributed by atoms with van der Waals surface area (Å²) in [6, 6.07) is 0. The molecule has 0 rings (SSSR count). The van der Waals surface area contributed by atoms with Crippen LogP contribution >= 0.6 is 0 Å². The topological polar surface area (TPSA) is 0 Å². The first kappa shape index (κ1) is 25.7.